The molecule has 0 aromatic heterocycles. The molecule has 6 unspecified atom stereocenters. The molecule has 0 radical (unpaired) electrons. The van der Waals surface area contributed by atoms with Crippen LogP contribution in [0, 0.1) is 0 Å². The molecule has 6 atom stereocenters. The van der Waals surface area contributed by atoms with Crippen LogP contribution in [0.4, 0.5) is 34.1 Å². The first-order valence-electron chi connectivity index (χ1n) is 58.9. The summed E-state index contributed by atoms with van der Waals surface area (Å²) in [5, 5.41) is 43.5. The third kappa shape index (κ3) is 24.3. The molecule has 0 amide bonds. The molecule has 7 aliphatic carbocycles. The van der Waals surface area contributed by atoms with Gasteiger partial charge in [-0.2, -0.15) is 0 Å². The molecule has 13 aliphatic rings. The third-order valence-corrected chi connectivity index (χ3v) is 51.1. The standard InChI is InChI=1S/C25H32NP.C25H26NP.C23H30NP.2C22H28NP.C20H24NP/c2*1-2-13-21(14-3-1)27(23-16-6-10-19-9-4-5-15-22(19)23)24-17-7-11-20-12-8-18-26-25(20)24;1-23(2,3)25(20-14-6-10-17-9-4-5-13-19(17)20)21-15-7-11-18-12-8-16-24-22(18)21;1-16(2)24(20-13-5-9-17-8-3-4-12-19(17)20)21-14-6-10-18-11-7-15-23-22(18)21;1-2-16-24(20-13-5-9-17-8-3-4-12-19(17)20)21-14-6-10-18-11-7-15-23-22(18)21;1-22(18-12-4-8-15-7-2-3-11-17(15)18)19-13-5-9-16-10-6-14-21-20(16)19/h6-7,10-11,16-17,21,26H,1-5,8-9,12-15,18H2;1-3,6-7,10-11,13-14,16-17,26H,4-5,8-9,12,15,18H2;6-7,10-11,14-15,24H,4-5,8-9,12-13,16H2,1-3H3;5-6,9-10,13-14,16,23H,3-4,7-8,11-12,15H2,1-2H3;5-6,9-10,13-14,23H,2-4,7-8,11-12,15-16H2,1H3;4-5,8-9,12-13,21H,2-3,6-7,10-11,14H2,1H3. The van der Waals surface area contributed by atoms with Crippen molar-refractivity contribution in [3.05, 3.63) is 349 Å². The second-order valence-electron chi connectivity index (χ2n) is 45.8. The molecular weight excluding hydrogens is 1920 g/mol. The Balaban J connectivity index is 0.000000105. The van der Waals surface area contributed by atoms with Crippen molar-refractivity contribution in [2.45, 2.75) is 328 Å². The van der Waals surface area contributed by atoms with Crippen LogP contribution in [0.25, 0.3) is 0 Å². The summed E-state index contributed by atoms with van der Waals surface area (Å²) >= 11 is 0. The lowest BCUT2D eigenvalue weighted by Crippen LogP contribution is -2.32. The molecule has 776 valence electrons. The van der Waals surface area contributed by atoms with Gasteiger partial charge >= 0.3 is 0 Å². The molecule has 12 heteroatoms. The summed E-state index contributed by atoms with van der Waals surface area (Å²) < 4.78 is 0. The lowest BCUT2D eigenvalue weighted by molar-refractivity contribution is 0.513. The molecule has 0 saturated heterocycles. The summed E-state index contributed by atoms with van der Waals surface area (Å²) in [4.78, 5) is 0. The van der Waals surface area contributed by atoms with E-state index in [-0.39, 0.29) is 44.8 Å². The second-order valence-corrected chi connectivity index (χ2v) is 60.4. The van der Waals surface area contributed by atoms with E-state index in [1.807, 2.05) is 0 Å². The van der Waals surface area contributed by atoms with Gasteiger partial charge in [-0.25, -0.2) is 0 Å². The molecule has 1 fully saturated rings. The smallest absolute Gasteiger partial charge is 0.0457 e. The first-order valence-corrected chi connectivity index (χ1v) is 67.7. The fraction of sp³-hybridized carbons (Fsp3) is 0.431. The van der Waals surface area contributed by atoms with E-state index < -0.39 is 7.92 Å². The summed E-state index contributed by atoms with van der Waals surface area (Å²) in [7, 11) is -1.99. The summed E-state index contributed by atoms with van der Waals surface area (Å²) in [6, 6.07) is 95.9. The van der Waals surface area contributed by atoms with Gasteiger partial charge in [0.05, 0.1) is 0 Å². The van der Waals surface area contributed by atoms with Gasteiger partial charge in [-0.3, -0.25) is 0 Å². The van der Waals surface area contributed by atoms with Crippen molar-refractivity contribution in [2.75, 3.05) is 84.0 Å². The predicted octanol–water partition coefficient (Wildman–Crippen LogP) is 29.0. The van der Waals surface area contributed by atoms with Gasteiger partial charge in [-0.05, 0) is 458 Å². The molecule has 149 heavy (non-hydrogen) atoms. The number of aryl methyl sites for hydroxylation is 12. The lowest BCUT2D eigenvalue weighted by Gasteiger charge is -2.37. The molecule has 6 N–H and O–H groups in total. The zero-order chi connectivity index (χ0) is 101. The van der Waals surface area contributed by atoms with Gasteiger partial charge in [0.15, 0.2) is 0 Å². The highest BCUT2D eigenvalue weighted by atomic mass is 31.1. The Bertz CT molecular complexity index is 6380. The van der Waals surface area contributed by atoms with Crippen LogP contribution in [-0.2, 0) is 116 Å². The maximum absolute atomic E-state index is 3.82. The number of para-hydroxylation sites is 6. The Morgan fingerprint density at radius 2 is 0.537 bits per heavy atom. The first kappa shape index (κ1) is 106. The van der Waals surface area contributed by atoms with Crippen molar-refractivity contribution < 1.29 is 0 Å². The van der Waals surface area contributed by atoms with Crippen molar-refractivity contribution in [1.29, 1.82) is 0 Å². The maximum atomic E-state index is 3.82. The zero-order valence-corrected chi connectivity index (χ0v) is 96.5. The fourth-order valence-electron chi connectivity index (χ4n) is 27.3. The van der Waals surface area contributed by atoms with Crippen LogP contribution in [0.1, 0.15) is 296 Å². The quantitative estimate of drug-likeness (QED) is 0.0511. The Hall–Kier alpha value is -8.76. The first-order chi connectivity index (χ1) is 73.4. The van der Waals surface area contributed by atoms with Crippen LogP contribution in [-0.4, -0.2) is 68.6 Å². The van der Waals surface area contributed by atoms with Gasteiger partial charge in [0.25, 0.3) is 0 Å². The Labute approximate surface area is 904 Å². The van der Waals surface area contributed by atoms with E-state index in [9.17, 15) is 0 Å². The van der Waals surface area contributed by atoms with Crippen LogP contribution in [0.15, 0.2) is 249 Å². The predicted molar refractivity (Wildman–Crippen MR) is 664 cm³/mol. The average Bonchev–Trinajstić information content (AvgIpc) is 0.762. The van der Waals surface area contributed by atoms with E-state index in [0.717, 1.165) is 44.9 Å². The fourth-order valence-corrected chi connectivity index (χ4v) is 44.4. The molecule has 0 spiro atoms. The second kappa shape index (κ2) is 51.1. The van der Waals surface area contributed by atoms with Crippen molar-refractivity contribution in [1.82, 2.24) is 0 Å². The van der Waals surface area contributed by atoms with Crippen LogP contribution in [0.2, 0.25) is 0 Å². The van der Waals surface area contributed by atoms with E-state index >= 15 is 0 Å². The highest BCUT2D eigenvalue weighted by Gasteiger charge is 2.38. The highest BCUT2D eigenvalue weighted by molar-refractivity contribution is 7.80. The maximum Gasteiger partial charge on any atom is 0.0457 e. The van der Waals surface area contributed by atoms with Crippen molar-refractivity contribution in [2.24, 2.45) is 0 Å². The SMILES string of the molecule is CC(C)(C)P(c1cccc2c1CCCC2)c1cccc2c1NCCC2.CC(C)P(c1cccc2c1CCCC2)c1cccc2c1NCCC2.CCCP(c1cccc2c1CCCC2)c1cccc2c1NCCC2.CP(c1cccc2c1CCCC2)c1cccc2c1NCCC2.c1cc2c(c(P(c3cccc4c3NCCC4)C3CCCCC3)c1)CCCC2.c1ccc(P(c2cccc3c2CCCC3)c2cccc3c2NCCC3)cc1. The number of fused-ring (bicyclic) bond motifs is 12. The summed E-state index contributed by atoms with van der Waals surface area (Å²) in [5.41, 5.74) is 39.2. The summed E-state index contributed by atoms with van der Waals surface area (Å²) in [6.45, 7) is 23.6. The van der Waals surface area contributed by atoms with Gasteiger partial charge in [0, 0.05) is 105 Å². The van der Waals surface area contributed by atoms with E-state index in [1.54, 1.807) is 131 Å². The third-order valence-electron chi connectivity index (χ3n) is 34.4. The molecule has 6 aliphatic heterocycles. The minimum atomic E-state index is -0.538. The van der Waals surface area contributed by atoms with Crippen LogP contribution >= 0.6 is 47.5 Å². The monoisotopic (exact) mass is 2080 g/mol. The minimum Gasteiger partial charge on any atom is -0.384 e. The summed E-state index contributed by atoms with van der Waals surface area (Å²) in [6.07, 6.45) is 56.2. The van der Waals surface area contributed by atoms with E-state index in [1.165, 1.54) is 348 Å². The topological polar surface area (TPSA) is 72.2 Å². The molecule has 6 nitrogen and oxygen atoms in total. The molecule has 13 aromatic carbocycles. The molecule has 0 bridgehead atoms. The Kier molecular flexibility index (Phi) is 36.3. The lowest BCUT2D eigenvalue weighted by atomic mass is 9.92. The Morgan fingerprint density at radius 1 is 0.248 bits per heavy atom. The van der Waals surface area contributed by atoms with Gasteiger partial charge in [0.2, 0.25) is 0 Å². The van der Waals surface area contributed by atoms with E-state index in [2.05, 4.69) is 329 Å². The number of benzene rings is 13. The molecule has 1 saturated carbocycles. The van der Waals surface area contributed by atoms with Crippen LogP contribution < -0.4 is 101 Å². The Morgan fingerprint density at radius 3 is 0.966 bits per heavy atom. The van der Waals surface area contributed by atoms with Crippen LogP contribution in [0.5, 0.6) is 0 Å². The average molecular weight is 2080 g/mol. The van der Waals surface area contributed by atoms with Crippen molar-refractivity contribution >= 4 is 151 Å². The molecule has 13 aromatic rings. The number of rotatable bonds is 17. The molecule has 6 heterocycles. The number of anilines is 6. The van der Waals surface area contributed by atoms with E-state index in [0.29, 0.717) is 5.66 Å². The normalized spacial score (nSPS) is 18.2. The van der Waals surface area contributed by atoms with E-state index in [4.69, 9.17) is 0 Å². The minimum absolute atomic E-state index is 0.243. The van der Waals surface area contributed by atoms with Gasteiger partial charge in [-0.1, -0.05) is 316 Å². The largest absolute Gasteiger partial charge is 0.384 e. The summed E-state index contributed by atoms with van der Waals surface area (Å²) in [5.74, 6) is 0. The number of hydrogen-bond donors (Lipinski definition) is 6. The van der Waals surface area contributed by atoms with Gasteiger partial charge < -0.3 is 31.9 Å². The molecular formula is C137H168N6P6. The van der Waals surface area contributed by atoms with Crippen molar-refractivity contribution in [3.63, 3.8) is 0 Å². The number of nitrogens with one attached hydrogen (secondary N) is 6. The van der Waals surface area contributed by atoms with Gasteiger partial charge in [-0.15, -0.1) is 0 Å². The van der Waals surface area contributed by atoms with Crippen LogP contribution in [0.3, 0.4) is 0 Å². The molecule has 26 rings (SSSR count). The highest BCUT2D eigenvalue weighted by Crippen LogP contribution is 2.55. The number of hydrogen-bond acceptors (Lipinski definition) is 6. The van der Waals surface area contributed by atoms with Gasteiger partial charge in [0.1, 0.15) is 0 Å². The van der Waals surface area contributed by atoms with Crippen molar-refractivity contribution in [3.8, 4) is 0 Å². The zero-order valence-electron chi connectivity index (χ0n) is 91.2.